The molecule has 1 nitrogen and oxygen atoms in total. The van der Waals surface area contributed by atoms with Crippen LogP contribution >= 0.6 is 0 Å². The van der Waals surface area contributed by atoms with Crippen molar-refractivity contribution in [2.45, 2.75) is 0 Å². The van der Waals surface area contributed by atoms with Gasteiger partial charge < -0.3 is 0 Å². The van der Waals surface area contributed by atoms with E-state index in [1.807, 2.05) is 6.07 Å². The second-order valence-electron chi connectivity index (χ2n) is 1.40. The van der Waals surface area contributed by atoms with Crippen LogP contribution in [-0.2, 0) is 0 Å². The zero-order valence-electron chi connectivity index (χ0n) is 4.26. The van der Waals surface area contributed by atoms with E-state index in [9.17, 15) is 0 Å². The maximum atomic E-state index is 8.27. The number of rotatable bonds is 0. The summed E-state index contributed by atoms with van der Waals surface area (Å²) >= 11 is 0. The maximum Gasteiger partial charge on any atom is 0.0725 e. The number of nitriles is 1. The predicted molar refractivity (Wildman–Crippen MR) is 30.0 cm³/mol. The van der Waals surface area contributed by atoms with Crippen molar-refractivity contribution in [1.82, 2.24) is 0 Å². The Morgan fingerprint density at radius 3 is 2.38 bits per heavy atom. The molecule has 38 valence electrons. The van der Waals surface area contributed by atoms with E-state index in [4.69, 9.17) is 5.26 Å². The van der Waals surface area contributed by atoms with Gasteiger partial charge in [-0.15, -0.1) is 0 Å². The first-order valence-corrected chi connectivity index (χ1v) is 2.29. The Hall–Kier alpha value is -1.29. The van der Waals surface area contributed by atoms with Crippen molar-refractivity contribution < 1.29 is 0 Å². The summed E-state index contributed by atoms with van der Waals surface area (Å²) in [5.74, 6) is 0. The molecule has 0 aromatic heterocycles. The molecule has 0 amide bonds. The van der Waals surface area contributed by atoms with Gasteiger partial charge in [0.1, 0.15) is 0 Å². The standard InChI is InChI=1S/C7H4N/c8-6-7-4-2-1-3-5-7/h2-5H/q-1. The molecule has 1 aromatic carbocycles. The third-order valence-corrected chi connectivity index (χ3v) is 0.847. The molecule has 0 radical (unpaired) electrons. The Balaban J connectivity index is 3.05. The monoisotopic (exact) mass is 102 g/mol. The van der Waals surface area contributed by atoms with Crippen molar-refractivity contribution in [1.29, 1.82) is 5.26 Å². The van der Waals surface area contributed by atoms with E-state index < -0.39 is 0 Å². The van der Waals surface area contributed by atoms with Gasteiger partial charge in [0.2, 0.25) is 0 Å². The summed E-state index contributed by atoms with van der Waals surface area (Å²) in [6.45, 7) is 0. The van der Waals surface area contributed by atoms with E-state index in [1.54, 1.807) is 24.3 Å². The van der Waals surface area contributed by atoms with Gasteiger partial charge in [-0.05, 0) is 0 Å². The molecule has 8 heavy (non-hydrogen) atoms. The summed E-state index contributed by atoms with van der Waals surface area (Å²) in [4.78, 5) is 0. The second kappa shape index (κ2) is 2.13. The Morgan fingerprint density at radius 2 is 2.00 bits per heavy atom. The zero-order valence-corrected chi connectivity index (χ0v) is 4.26. The first kappa shape index (κ1) is 4.86. The fourth-order valence-corrected chi connectivity index (χ4v) is 0.461. The van der Waals surface area contributed by atoms with Gasteiger partial charge in [0.15, 0.2) is 0 Å². The summed E-state index contributed by atoms with van der Waals surface area (Å²) < 4.78 is 0. The molecule has 0 fully saturated rings. The summed E-state index contributed by atoms with van der Waals surface area (Å²) in [6.07, 6.45) is 0. The minimum atomic E-state index is 0.684. The van der Waals surface area contributed by atoms with Gasteiger partial charge >= 0.3 is 0 Å². The van der Waals surface area contributed by atoms with Gasteiger partial charge in [-0.25, -0.2) is 0 Å². The van der Waals surface area contributed by atoms with Crippen molar-refractivity contribution in [3.8, 4) is 6.07 Å². The Bertz CT molecular complexity index is 195. The fraction of sp³-hybridized carbons (Fsp3) is 0. The fourth-order valence-electron chi connectivity index (χ4n) is 0.461. The van der Waals surface area contributed by atoms with Crippen molar-refractivity contribution in [2.24, 2.45) is 0 Å². The van der Waals surface area contributed by atoms with Crippen LogP contribution in [0.5, 0.6) is 0 Å². The Kier molecular flexibility index (Phi) is 1.29. The molecule has 1 aromatic rings. The lowest BCUT2D eigenvalue weighted by atomic mass is 10.2. The highest BCUT2D eigenvalue weighted by Gasteiger charge is 1.69. The van der Waals surface area contributed by atoms with Crippen LogP contribution in [0.1, 0.15) is 5.56 Å². The number of nitrogens with zero attached hydrogens (tertiary/aromatic N) is 1. The van der Waals surface area contributed by atoms with Crippen LogP contribution in [0.3, 0.4) is 0 Å². The highest BCUT2D eigenvalue weighted by Crippen LogP contribution is 1.92. The van der Waals surface area contributed by atoms with E-state index >= 15 is 0 Å². The molecule has 0 aliphatic rings. The summed E-state index contributed by atoms with van der Waals surface area (Å²) in [5, 5.41) is 8.27. The Labute approximate surface area is 48.2 Å². The number of hydrogen-bond acceptors (Lipinski definition) is 1. The van der Waals surface area contributed by atoms with Gasteiger partial charge in [-0.2, -0.15) is 35.6 Å². The predicted octanol–water partition coefficient (Wildman–Crippen LogP) is 1.36. The summed E-state index contributed by atoms with van der Waals surface area (Å²) in [7, 11) is 0. The molecule has 0 aliphatic heterocycles. The molecular weight excluding hydrogens is 98.1 g/mol. The van der Waals surface area contributed by atoms with Crippen LogP contribution in [-0.4, -0.2) is 0 Å². The minimum absolute atomic E-state index is 0.684. The molecule has 0 aliphatic carbocycles. The first-order valence-electron chi connectivity index (χ1n) is 2.29. The molecular formula is C7H4N-. The molecule has 1 rings (SSSR count). The third kappa shape index (κ3) is 0.855. The lowest BCUT2D eigenvalue weighted by Crippen LogP contribution is -1.66. The van der Waals surface area contributed by atoms with E-state index in [0.717, 1.165) is 0 Å². The minimum Gasteiger partial charge on any atom is -0.195 e. The number of hydrogen-bond donors (Lipinski definition) is 0. The lowest BCUT2D eigenvalue weighted by Gasteiger charge is -1.90. The van der Waals surface area contributed by atoms with E-state index in [-0.39, 0.29) is 0 Å². The second-order valence-corrected chi connectivity index (χ2v) is 1.40. The lowest BCUT2D eigenvalue weighted by molar-refractivity contribution is 1.48. The van der Waals surface area contributed by atoms with Gasteiger partial charge in [0.25, 0.3) is 0 Å². The molecule has 0 spiro atoms. The topological polar surface area (TPSA) is 23.8 Å². The van der Waals surface area contributed by atoms with E-state index in [1.165, 1.54) is 0 Å². The smallest absolute Gasteiger partial charge is 0.0725 e. The zero-order chi connectivity index (χ0) is 5.82. The van der Waals surface area contributed by atoms with Crippen molar-refractivity contribution in [3.63, 3.8) is 0 Å². The normalized spacial score (nSPS) is 7.88. The van der Waals surface area contributed by atoms with E-state index in [0.29, 0.717) is 5.56 Å². The van der Waals surface area contributed by atoms with Crippen LogP contribution in [0.15, 0.2) is 24.3 Å². The summed E-state index contributed by atoms with van der Waals surface area (Å²) in [5.41, 5.74) is 0.684. The SMILES string of the molecule is N#Cc1cc[c-]cc1. The van der Waals surface area contributed by atoms with Gasteiger partial charge in [-0.1, -0.05) is 5.56 Å². The average molecular weight is 102 g/mol. The molecule has 0 N–H and O–H groups in total. The quantitative estimate of drug-likeness (QED) is 0.454. The molecule has 0 unspecified atom stereocenters. The molecule has 0 saturated heterocycles. The first-order chi connectivity index (χ1) is 3.93. The van der Waals surface area contributed by atoms with Gasteiger partial charge in [0, 0.05) is 0 Å². The van der Waals surface area contributed by atoms with Crippen LogP contribution in [0.2, 0.25) is 0 Å². The highest BCUT2D eigenvalue weighted by atomic mass is 14.2. The van der Waals surface area contributed by atoms with Crippen molar-refractivity contribution >= 4 is 0 Å². The molecule has 0 saturated carbocycles. The van der Waals surface area contributed by atoms with Crippen molar-refractivity contribution in [2.75, 3.05) is 0 Å². The highest BCUT2D eigenvalue weighted by molar-refractivity contribution is 5.26. The van der Waals surface area contributed by atoms with Crippen molar-refractivity contribution in [3.05, 3.63) is 35.9 Å². The van der Waals surface area contributed by atoms with E-state index in [2.05, 4.69) is 6.07 Å². The van der Waals surface area contributed by atoms with Crippen LogP contribution < -0.4 is 0 Å². The van der Waals surface area contributed by atoms with Crippen LogP contribution in [0, 0.1) is 17.4 Å². The van der Waals surface area contributed by atoms with Crippen LogP contribution in [0.4, 0.5) is 0 Å². The third-order valence-electron chi connectivity index (χ3n) is 0.847. The average Bonchev–Trinajstić information content (AvgIpc) is 1.90. The van der Waals surface area contributed by atoms with Crippen LogP contribution in [0.25, 0.3) is 0 Å². The molecule has 1 heteroatoms. The molecule has 0 bridgehead atoms. The molecule has 0 atom stereocenters. The van der Waals surface area contributed by atoms with Gasteiger partial charge in [-0.3, -0.25) is 0 Å². The maximum absolute atomic E-state index is 8.27. The van der Waals surface area contributed by atoms with Gasteiger partial charge in [0.05, 0.1) is 6.07 Å². The Morgan fingerprint density at radius 1 is 1.38 bits per heavy atom. The largest absolute Gasteiger partial charge is 0.195 e. The number of benzene rings is 1. The molecule has 0 heterocycles. The summed E-state index contributed by atoms with van der Waals surface area (Å²) in [6, 6.07) is 11.7.